The fraction of sp³-hybridized carbons (Fsp3) is 1.00. The zero-order valence-corrected chi connectivity index (χ0v) is 12.5. The molecule has 0 aromatic rings. The van der Waals surface area contributed by atoms with Gasteiger partial charge in [-0.3, -0.25) is 0 Å². The fourth-order valence-corrected chi connectivity index (χ4v) is 2.64. The molecule has 1 fully saturated rings. The molecule has 0 aromatic carbocycles. The molecule has 3 nitrogen and oxygen atoms in total. The summed E-state index contributed by atoms with van der Waals surface area (Å²) in [6.45, 7) is 17.1. The van der Waals surface area contributed by atoms with Gasteiger partial charge in [0, 0.05) is 6.54 Å². The Balaban J connectivity index is 0.00000225. The summed E-state index contributed by atoms with van der Waals surface area (Å²) in [7, 11) is 0. The van der Waals surface area contributed by atoms with Crippen LogP contribution >= 0.6 is 0 Å². The smallest absolute Gasteiger partial charge is 0.0519 e. The summed E-state index contributed by atoms with van der Waals surface area (Å²) < 4.78 is 0. The van der Waals surface area contributed by atoms with Crippen LogP contribution in [0.15, 0.2) is 0 Å². The molecule has 1 rings (SSSR count). The number of piperidine rings is 1. The van der Waals surface area contributed by atoms with Crippen LogP contribution in [0.3, 0.4) is 0 Å². The molecular weight excluding hydrogens is 224 g/mol. The van der Waals surface area contributed by atoms with Gasteiger partial charge in [0.2, 0.25) is 0 Å². The third-order valence-electron chi connectivity index (χ3n) is 5.59. The molecule has 0 aromatic heterocycles. The molecule has 3 N–H and O–H groups in total. The van der Waals surface area contributed by atoms with Crippen molar-refractivity contribution in [1.29, 1.82) is 0 Å². The molecule has 1 atom stereocenters. The zero-order chi connectivity index (χ0) is 12.1. The van der Waals surface area contributed by atoms with Gasteiger partial charge in [-0.1, -0.05) is 34.6 Å². The highest BCUT2D eigenvalue weighted by molar-refractivity contribution is 5.06. The lowest BCUT2D eigenvalue weighted by Gasteiger charge is -2.61. The molecule has 98 valence electrons. The lowest BCUT2D eigenvalue weighted by atomic mass is 9.52. The summed E-state index contributed by atoms with van der Waals surface area (Å²) in [6, 6.07) is 0. The number of hydroxylamine groups is 2. The summed E-state index contributed by atoms with van der Waals surface area (Å²) in [6.07, 6.45) is 0. The third kappa shape index (κ3) is 1.88. The highest BCUT2D eigenvalue weighted by atomic mass is 35.5. The lowest BCUT2D eigenvalue weighted by molar-refractivity contribution is -0.764. The first-order valence-corrected chi connectivity index (χ1v) is 5.79. The Morgan fingerprint density at radius 2 is 1.56 bits per heavy atom. The first-order valence-electron chi connectivity index (χ1n) is 5.79. The second kappa shape index (κ2) is 4.45. The number of hydrogen-bond acceptors (Lipinski definition) is 2. The monoisotopic (exact) mass is 250 g/mol. The molecule has 1 heterocycles. The van der Waals surface area contributed by atoms with Gasteiger partial charge in [-0.15, -0.1) is 10.0 Å². The molecular formula is C12H27ClN2O. The van der Waals surface area contributed by atoms with Crippen LogP contribution in [0.2, 0.25) is 0 Å². The van der Waals surface area contributed by atoms with Crippen LogP contribution < -0.4 is 18.3 Å². The van der Waals surface area contributed by atoms with E-state index >= 15 is 0 Å². The molecule has 4 heteroatoms. The van der Waals surface area contributed by atoms with Gasteiger partial charge in [0.05, 0.1) is 5.54 Å². The van der Waals surface area contributed by atoms with Crippen LogP contribution in [-0.2, 0) is 4.94 Å². The third-order valence-corrected chi connectivity index (χ3v) is 5.59. The van der Waals surface area contributed by atoms with Crippen molar-refractivity contribution in [2.24, 2.45) is 16.7 Å². The van der Waals surface area contributed by atoms with Crippen molar-refractivity contribution in [2.75, 3.05) is 6.54 Å². The summed E-state index contributed by atoms with van der Waals surface area (Å²) >= 11 is 0. The van der Waals surface area contributed by atoms with Gasteiger partial charge in [0.25, 0.3) is 0 Å². The maximum absolute atomic E-state index is 5.29. The SMILES string of the molecule is CC1CN(O[NH3+])C(C)(C)C(C)(C)C1(C)C.[Cl-]. The minimum atomic E-state index is 0. The summed E-state index contributed by atoms with van der Waals surface area (Å²) in [5.74, 6) is 4.18. The lowest BCUT2D eigenvalue weighted by Crippen LogP contribution is -3.00. The summed E-state index contributed by atoms with van der Waals surface area (Å²) in [5.41, 5.74) is 0.478. The van der Waals surface area contributed by atoms with Gasteiger partial charge in [-0.25, -0.2) is 0 Å². The van der Waals surface area contributed by atoms with E-state index in [0.29, 0.717) is 11.3 Å². The molecule has 1 aliphatic heterocycles. The van der Waals surface area contributed by atoms with E-state index in [0.717, 1.165) is 6.54 Å². The maximum Gasteiger partial charge on any atom is 0.0519 e. The van der Waals surface area contributed by atoms with E-state index in [1.807, 2.05) is 5.06 Å². The summed E-state index contributed by atoms with van der Waals surface area (Å²) in [5, 5.41) is 2.03. The second-order valence-electron chi connectivity index (χ2n) is 6.50. The first-order chi connectivity index (χ1) is 6.59. The van der Waals surface area contributed by atoms with Gasteiger partial charge in [-0.2, -0.15) is 5.90 Å². The molecule has 0 bridgehead atoms. The van der Waals surface area contributed by atoms with Gasteiger partial charge in [0.15, 0.2) is 0 Å². The summed E-state index contributed by atoms with van der Waals surface area (Å²) in [4.78, 5) is 5.29. The van der Waals surface area contributed by atoms with Crippen molar-refractivity contribution in [2.45, 2.75) is 54.0 Å². The van der Waals surface area contributed by atoms with E-state index in [1.54, 1.807) is 0 Å². The van der Waals surface area contributed by atoms with E-state index < -0.39 is 0 Å². The predicted molar refractivity (Wildman–Crippen MR) is 61.5 cm³/mol. The average molecular weight is 251 g/mol. The van der Waals surface area contributed by atoms with Crippen molar-refractivity contribution in [3.63, 3.8) is 0 Å². The Morgan fingerprint density at radius 3 is 1.94 bits per heavy atom. The predicted octanol–water partition coefficient (Wildman–Crippen LogP) is -1.14. The molecule has 0 saturated carbocycles. The minimum Gasteiger partial charge on any atom is -1.00 e. The highest BCUT2D eigenvalue weighted by Crippen LogP contribution is 2.56. The molecule has 0 spiro atoms. The van der Waals surface area contributed by atoms with Crippen molar-refractivity contribution < 1.29 is 23.2 Å². The number of rotatable bonds is 1. The van der Waals surface area contributed by atoms with Crippen molar-refractivity contribution >= 4 is 0 Å². The molecule has 0 radical (unpaired) electrons. The second-order valence-corrected chi connectivity index (χ2v) is 6.50. The van der Waals surface area contributed by atoms with Gasteiger partial charge in [0.1, 0.15) is 0 Å². The minimum absolute atomic E-state index is 0. The zero-order valence-electron chi connectivity index (χ0n) is 11.7. The van der Waals surface area contributed by atoms with E-state index in [2.05, 4.69) is 54.4 Å². The average Bonchev–Trinajstić information content (AvgIpc) is 2.10. The Kier molecular flexibility index (Phi) is 4.49. The van der Waals surface area contributed by atoms with E-state index in [1.165, 1.54) is 0 Å². The van der Waals surface area contributed by atoms with Crippen LogP contribution in [0.25, 0.3) is 0 Å². The van der Waals surface area contributed by atoms with Gasteiger partial charge in [-0.05, 0) is 30.6 Å². The molecule has 0 amide bonds. The van der Waals surface area contributed by atoms with E-state index in [9.17, 15) is 0 Å². The Labute approximate surface area is 106 Å². The molecule has 1 saturated heterocycles. The first kappa shape index (κ1) is 16.2. The topological polar surface area (TPSA) is 40.1 Å². The van der Waals surface area contributed by atoms with Crippen LogP contribution in [0.1, 0.15) is 48.5 Å². The van der Waals surface area contributed by atoms with Crippen LogP contribution in [0.5, 0.6) is 0 Å². The van der Waals surface area contributed by atoms with Crippen LogP contribution in [-0.4, -0.2) is 17.1 Å². The standard InChI is InChI=1S/C12H27N2O.ClH/c1-9-8-14(15-13)12(6,7)11(4,5)10(9,2)3;/h9H,8H2,1-7,13H3;1H/q+1;/p-1. The molecule has 0 aliphatic carbocycles. The number of quaternary nitrogens is 1. The van der Waals surface area contributed by atoms with Gasteiger partial charge < -0.3 is 12.4 Å². The maximum atomic E-state index is 5.29. The van der Waals surface area contributed by atoms with Crippen molar-refractivity contribution in [3.05, 3.63) is 0 Å². The quantitative estimate of drug-likeness (QED) is 0.598. The number of hydrogen-bond donors (Lipinski definition) is 1. The highest BCUT2D eigenvalue weighted by Gasteiger charge is 2.58. The molecule has 1 unspecified atom stereocenters. The molecule has 1 aliphatic rings. The normalized spacial score (nSPS) is 31.9. The van der Waals surface area contributed by atoms with E-state index in [4.69, 9.17) is 4.94 Å². The Morgan fingerprint density at radius 1 is 1.12 bits per heavy atom. The van der Waals surface area contributed by atoms with Gasteiger partial charge >= 0.3 is 0 Å². The number of halogens is 1. The Hall–Kier alpha value is 0.170. The fourth-order valence-electron chi connectivity index (χ4n) is 2.64. The molecule has 16 heavy (non-hydrogen) atoms. The Bertz CT molecular complexity index is 251. The van der Waals surface area contributed by atoms with Crippen LogP contribution in [0.4, 0.5) is 0 Å². The van der Waals surface area contributed by atoms with E-state index in [-0.39, 0.29) is 23.4 Å². The largest absolute Gasteiger partial charge is 1.00 e. The van der Waals surface area contributed by atoms with Crippen LogP contribution in [0, 0.1) is 16.7 Å². The van der Waals surface area contributed by atoms with Crippen molar-refractivity contribution in [1.82, 2.24) is 5.06 Å². The van der Waals surface area contributed by atoms with Crippen molar-refractivity contribution in [3.8, 4) is 0 Å². The number of nitrogens with zero attached hydrogens (tertiary/aromatic N) is 1.